The summed E-state index contributed by atoms with van der Waals surface area (Å²) in [6.07, 6.45) is 0.0342. The van der Waals surface area contributed by atoms with Crippen LogP contribution in [0.15, 0.2) is 18.2 Å². The lowest BCUT2D eigenvalue weighted by molar-refractivity contribution is -0.137. The largest absolute Gasteiger partial charge is 0.481 e. The van der Waals surface area contributed by atoms with Crippen LogP contribution >= 0.6 is 11.6 Å². The number of benzene rings is 1. The fraction of sp³-hybridized carbons (Fsp3) is 0.500. The van der Waals surface area contributed by atoms with Gasteiger partial charge in [-0.3, -0.25) is 9.69 Å². The Kier molecular flexibility index (Phi) is 5.32. The van der Waals surface area contributed by atoms with Crippen LogP contribution in [0.4, 0.5) is 4.39 Å². The molecule has 0 saturated heterocycles. The van der Waals surface area contributed by atoms with Crippen LogP contribution in [0.1, 0.15) is 32.8 Å². The zero-order valence-corrected chi connectivity index (χ0v) is 12.2. The Labute approximate surface area is 118 Å². The van der Waals surface area contributed by atoms with Crippen molar-refractivity contribution in [3.63, 3.8) is 0 Å². The van der Waals surface area contributed by atoms with Crippen LogP contribution in [0.25, 0.3) is 0 Å². The maximum Gasteiger partial charge on any atom is 0.304 e. The van der Waals surface area contributed by atoms with Gasteiger partial charge in [0.2, 0.25) is 0 Å². The lowest BCUT2D eigenvalue weighted by Gasteiger charge is -2.35. The van der Waals surface area contributed by atoms with E-state index in [1.807, 2.05) is 25.7 Å². The van der Waals surface area contributed by atoms with Gasteiger partial charge in [-0.25, -0.2) is 4.39 Å². The Bertz CT molecular complexity index is 457. The molecular weight excluding hydrogens is 269 g/mol. The van der Waals surface area contributed by atoms with Crippen molar-refractivity contribution < 1.29 is 14.3 Å². The van der Waals surface area contributed by atoms with E-state index in [1.54, 1.807) is 12.1 Å². The molecule has 0 aliphatic rings. The number of aliphatic carboxylic acids is 1. The maximum atomic E-state index is 13.8. The van der Waals surface area contributed by atoms with E-state index in [9.17, 15) is 9.18 Å². The normalized spacial score (nSPS) is 11.9. The average Bonchev–Trinajstić information content (AvgIpc) is 2.24. The van der Waals surface area contributed by atoms with Gasteiger partial charge in [0, 0.05) is 29.2 Å². The molecule has 0 aliphatic carbocycles. The van der Waals surface area contributed by atoms with Gasteiger partial charge >= 0.3 is 5.97 Å². The van der Waals surface area contributed by atoms with E-state index >= 15 is 0 Å². The fourth-order valence-corrected chi connectivity index (χ4v) is 1.90. The number of hydrogen-bond acceptors (Lipinski definition) is 2. The molecule has 3 nitrogen and oxygen atoms in total. The highest BCUT2D eigenvalue weighted by molar-refractivity contribution is 6.30. The van der Waals surface area contributed by atoms with E-state index in [1.165, 1.54) is 6.07 Å². The van der Waals surface area contributed by atoms with Gasteiger partial charge in [-0.2, -0.15) is 0 Å². The molecule has 5 heteroatoms. The smallest absolute Gasteiger partial charge is 0.304 e. The molecule has 1 rings (SSSR count). The lowest BCUT2D eigenvalue weighted by Crippen LogP contribution is -2.42. The third kappa shape index (κ3) is 5.17. The van der Waals surface area contributed by atoms with Crippen molar-refractivity contribution in [2.75, 3.05) is 6.54 Å². The van der Waals surface area contributed by atoms with Crippen LogP contribution in [0, 0.1) is 5.82 Å². The molecule has 1 aromatic rings. The minimum absolute atomic E-state index is 0.0342. The first kappa shape index (κ1) is 15.9. The van der Waals surface area contributed by atoms with Crippen LogP contribution in [-0.2, 0) is 11.3 Å². The van der Waals surface area contributed by atoms with Crippen LogP contribution < -0.4 is 0 Å². The van der Waals surface area contributed by atoms with Gasteiger partial charge in [0.15, 0.2) is 0 Å². The number of carboxylic acid groups (broad SMARTS) is 1. The molecule has 0 spiro atoms. The van der Waals surface area contributed by atoms with Gasteiger partial charge in [-0.1, -0.05) is 17.7 Å². The molecule has 0 fully saturated rings. The summed E-state index contributed by atoms with van der Waals surface area (Å²) < 4.78 is 13.8. The monoisotopic (exact) mass is 287 g/mol. The summed E-state index contributed by atoms with van der Waals surface area (Å²) in [5.41, 5.74) is 0.284. The zero-order valence-electron chi connectivity index (χ0n) is 11.4. The average molecular weight is 288 g/mol. The van der Waals surface area contributed by atoms with Gasteiger partial charge in [0.05, 0.1) is 6.42 Å². The second kappa shape index (κ2) is 6.35. The number of halogens is 2. The van der Waals surface area contributed by atoms with Crippen molar-refractivity contribution in [1.82, 2.24) is 4.90 Å². The van der Waals surface area contributed by atoms with Gasteiger partial charge in [0.1, 0.15) is 5.82 Å². The molecule has 0 bridgehead atoms. The summed E-state index contributed by atoms with van der Waals surface area (Å²) in [6, 6.07) is 4.55. The molecule has 0 atom stereocenters. The molecule has 0 heterocycles. The molecule has 1 aromatic carbocycles. The summed E-state index contributed by atoms with van der Waals surface area (Å²) >= 11 is 5.71. The van der Waals surface area contributed by atoms with Crippen LogP contribution in [0.3, 0.4) is 0 Å². The maximum absolute atomic E-state index is 13.8. The molecule has 0 unspecified atom stereocenters. The van der Waals surface area contributed by atoms with Crippen molar-refractivity contribution in [2.24, 2.45) is 0 Å². The summed E-state index contributed by atoms with van der Waals surface area (Å²) in [4.78, 5) is 12.6. The van der Waals surface area contributed by atoms with E-state index in [2.05, 4.69) is 0 Å². The predicted octanol–water partition coefficient (Wildman–Crippen LogP) is 3.55. The first-order valence-corrected chi connectivity index (χ1v) is 6.48. The Morgan fingerprint density at radius 2 is 2.05 bits per heavy atom. The highest BCUT2D eigenvalue weighted by Gasteiger charge is 2.23. The van der Waals surface area contributed by atoms with E-state index in [0.29, 0.717) is 23.7 Å². The summed E-state index contributed by atoms with van der Waals surface area (Å²) in [5, 5.41) is 9.12. The van der Waals surface area contributed by atoms with Crippen LogP contribution in [-0.4, -0.2) is 28.1 Å². The third-order valence-corrected chi connectivity index (χ3v) is 3.16. The second-order valence-corrected chi connectivity index (χ2v) is 5.91. The van der Waals surface area contributed by atoms with Crippen LogP contribution in [0.5, 0.6) is 0 Å². The van der Waals surface area contributed by atoms with E-state index in [-0.39, 0.29) is 17.8 Å². The third-order valence-electron chi connectivity index (χ3n) is 2.92. The Morgan fingerprint density at radius 1 is 1.42 bits per heavy atom. The molecule has 0 aromatic heterocycles. The SMILES string of the molecule is CC(C)(C)N(CCC(=O)O)Cc1ccc(Cl)cc1F. The molecule has 19 heavy (non-hydrogen) atoms. The zero-order chi connectivity index (χ0) is 14.6. The van der Waals surface area contributed by atoms with E-state index in [4.69, 9.17) is 16.7 Å². The van der Waals surface area contributed by atoms with Crippen molar-refractivity contribution >= 4 is 17.6 Å². The number of rotatable bonds is 5. The van der Waals surface area contributed by atoms with E-state index < -0.39 is 5.97 Å². The summed E-state index contributed by atoms with van der Waals surface area (Å²) in [7, 11) is 0. The molecule has 0 radical (unpaired) electrons. The Hall–Kier alpha value is -1.13. The van der Waals surface area contributed by atoms with Gasteiger partial charge in [-0.15, -0.1) is 0 Å². The van der Waals surface area contributed by atoms with E-state index in [0.717, 1.165) is 0 Å². The highest BCUT2D eigenvalue weighted by atomic mass is 35.5. The topological polar surface area (TPSA) is 40.5 Å². The van der Waals surface area contributed by atoms with Crippen molar-refractivity contribution in [3.05, 3.63) is 34.6 Å². The number of nitrogens with zero attached hydrogens (tertiary/aromatic N) is 1. The number of hydrogen-bond donors (Lipinski definition) is 1. The standard InChI is InChI=1S/C14H19ClFNO2/c1-14(2,3)17(7-6-13(18)19)9-10-4-5-11(15)8-12(10)16/h4-5,8H,6-7,9H2,1-3H3,(H,18,19). The molecular formula is C14H19ClFNO2. The van der Waals surface area contributed by atoms with Gasteiger partial charge in [-0.05, 0) is 32.9 Å². The Balaban J connectivity index is 2.85. The van der Waals surface area contributed by atoms with Crippen molar-refractivity contribution in [2.45, 2.75) is 39.3 Å². The molecule has 0 saturated carbocycles. The minimum atomic E-state index is -0.856. The minimum Gasteiger partial charge on any atom is -0.481 e. The Morgan fingerprint density at radius 3 is 2.53 bits per heavy atom. The first-order valence-electron chi connectivity index (χ1n) is 6.11. The van der Waals surface area contributed by atoms with Crippen LogP contribution in [0.2, 0.25) is 5.02 Å². The summed E-state index contributed by atoms with van der Waals surface area (Å²) in [6.45, 7) is 6.66. The highest BCUT2D eigenvalue weighted by Crippen LogP contribution is 2.21. The van der Waals surface area contributed by atoms with Crippen molar-refractivity contribution in [1.29, 1.82) is 0 Å². The molecule has 106 valence electrons. The first-order chi connectivity index (χ1) is 8.70. The fourth-order valence-electron chi connectivity index (χ4n) is 1.74. The summed E-state index contributed by atoms with van der Waals surface area (Å²) in [5.74, 6) is -1.22. The number of carbonyl (C=O) groups is 1. The molecule has 0 amide bonds. The van der Waals surface area contributed by atoms with Gasteiger partial charge in [0.25, 0.3) is 0 Å². The quantitative estimate of drug-likeness (QED) is 0.900. The number of carboxylic acids is 1. The van der Waals surface area contributed by atoms with Gasteiger partial charge < -0.3 is 5.11 Å². The van der Waals surface area contributed by atoms with Crippen molar-refractivity contribution in [3.8, 4) is 0 Å². The second-order valence-electron chi connectivity index (χ2n) is 5.47. The lowest BCUT2D eigenvalue weighted by atomic mass is 10.0. The molecule has 1 N–H and O–H groups in total. The predicted molar refractivity (Wildman–Crippen MR) is 73.8 cm³/mol. The molecule has 0 aliphatic heterocycles.